The molecule has 24 heavy (non-hydrogen) atoms. The quantitative estimate of drug-likeness (QED) is 0.292. The first-order chi connectivity index (χ1) is 11.2. The summed E-state index contributed by atoms with van der Waals surface area (Å²) >= 11 is 0. The molecule has 0 saturated carbocycles. The summed E-state index contributed by atoms with van der Waals surface area (Å²) in [5.74, 6) is -0.150. The second kappa shape index (κ2) is 11.2. The van der Waals surface area contributed by atoms with Crippen molar-refractivity contribution < 1.29 is 18.4 Å². The summed E-state index contributed by atoms with van der Waals surface area (Å²) in [4.78, 5) is 13.3. The largest absolute Gasteiger partial charge is 0.344 e. The Balaban J connectivity index is 6.25. The van der Waals surface area contributed by atoms with Crippen LogP contribution in [0.4, 0.5) is 0 Å². The van der Waals surface area contributed by atoms with Crippen molar-refractivity contribution in [3.8, 4) is 0 Å². The van der Waals surface area contributed by atoms with Crippen molar-refractivity contribution in [1.29, 1.82) is 0 Å². The van der Waals surface area contributed by atoms with Crippen LogP contribution in [0.5, 0.6) is 0 Å². The maximum Gasteiger partial charge on any atom is 0.344 e. The van der Waals surface area contributed by atoms with E-state index in [0.717, 1.165) is 24.8 Å². The van der Waals surface area contributed by atoms with E-state index in [9.17, 15) is 9.36 Å². The molecule has 0 N–H and O–H groups in total. The molecule has 0 amide bonds. The number of Topliss-reactive ketones (excluding diaryl/α,β-unsaturated/α-hetero) is 1. The molecule has 0 heterocycles. The summed E-state index contributed by atoms with van der Waals surface area (Å²) in [5.41, 5.74) is 1.10. The van der Waals surface area contributed by atoms with E-state index in [1.54, 1.807) is 13.8 Å². The van der Waals surface area contributed by atoms with Crippen molar-refractivity contribution in [3.05, 3.63) is 11.6 Å². The van der Waals surface area contributed by atoms with Gasteiger partial charge in [0.2, 0.25) is 0 Å². The summed E-state index contributed by atoms with van der Waals surface area (Å²) in [6.45, 7) is 14.1. The molecule has 0 aliphatic carbocycles. The second-order valence-electron chi connectivity index (χ2n) is 6.63. The van der Waals surface area contributed by atoms with E-state index in [2.05, 4.69) is 6.92 Å². The molecule has 0 aliphatic heterocycles. The van der Waals surface area contributed by atoms with Crippen LogP contribution in [0.2, 0.25) is 0 Å². The zero-order chi connectivity index (χ0) is 18.8. The van der Waals surface area contributed by atoms with E-state index >= 15 is 0 Å². The van der Waals surface area contributed by atoms with Gasteiger partial charge in [0.15, 0.2) is 5.78 Å². The van der Waals surface area contributed by atoms with Crippen LogP contribution in [0, 0.1) is 5.92 Å². The fourth-order valence-corrected chi connectivity index (χ4v) is 5.31. The monoisotopic (exact) mass is 360 g/mol. The highest BCUT2D eigenvalue weighted by Gasteiger charge is 2.55. The van der Waals surface area contributed by atoms with Crippen LogP contribution in [0.1, 0.15) is 80.6 Å². The van der Waals surface area contributed by atoms with Crippen LogP contribution < -0.4 is 0 Å². The lowest BCUT2D eigenvalue weighted by Crippen LogP contribution is -2.43. The van der Waals surface area contributed by atoms with Gasteiger partial charge < -0.3 is 9.05 Å². The van der Waals surface area contributed by atoms with Crippen LogP contribution in [-0.4, -0.2) is 24.2 Å². The first kappa shape index (κ1) is 23.6. The Hall–Kier alpha value is -0.440. The topological polar surface area (TPSA) is 52.6 Å². The maximum absolute atomic E-state index is 13.7. The smallest absolute Gasteiger partial charge is 0.308 e. The van der Waals surface area contributed by atoms with E-state index in [4.69, 9.17) is 9.05 Å². The highest BCUT2D eigenvalue weighted by Crippen LogP contribution is 2.64. The van der Waals surface area contributed by atoms with E-state index in [0.29, 0.717) is 12.8 Å². The summed E-state index contributed by atoms with van der Waals surface area (Å²) < 4.78 is 25.0. The molecule has 0 rings (SSSR count). The number of hydrogen-bond donors (Lipinski definition) is 0. The number of carbonyl (C=O) groups excluding carboxylic acids is 1. The van der Waals surface area contributed by atoms with Gasteiger partial charge in [-0.2, -0.15) is 0 Å². The number of hydrogen-bond acceptors (Lipinski definition) is 4. The fourth-order valence-electron chi connectivity index (χ4n) is 2.82. The number of carbonyl (C=O) groups is 1. The Morgan fingerprint density at radius 3 is 2.04 bits per heavy atom. The molecule has 0 fully saturated rings. The highest BCUT2D eigenvalue weighted by atomic mass is 31.2. The lowest BCUT2D eigenvalue weighted by molar-refractivity contribution is -0.126. The molecule has 2 atom stereocenters. The van der Waals surface area contributed by atoms with Gasteiger partial charge in [0.05, 0.1) is 13.2 Å². The third-order valence-corrected chi connectivity index (χ3v) is 7.30. The van der Waals surface area contributed by atoms with Gasteiger partial charge in [0.25, 0.3) is 0 Å². The minimum Gasteiger partial charge on any atom is -0.308 e. The van der Waals surface area contributed by atoms with Gasteiger partial charge >= 0.3 is 7.60 Å². The lowest BCUT2D eigenvalue weighted by atomic mass is 9.85. The fraction of sp³-hybridized carbons (Fsp3) is 0.842. The van der Waals surface area contributed by atoms with E-state index in [1.165, 1.54) is 0 Å². The molecule has 142 valence electrons. The van der Waals surface area contributed by atoms with Gasteiger partial charge in [-0.15, -0.1) is 0 Å². The molecule has 0 radical (unpaired) electrons. The summed E-state index contributed by atoms with van der Waals surface area (Å²) in [5, 5.41) is -1.08. The van der Waals surface area contributed by atoms with Gasteiger partial charge in [-0.1, -0.05) is 45.3 Å². The van der Waals surface area contributed by atoms with Crippen molar-refractivity contribution in [1.82, 2.24) is 0 Å². The van der Waals surface area contributed by atoms with Crippen LogP contribution >= 0.6 is 7.60 Å². The van der Waals surface area contributed by atoms with Crippen molar-refractivity contribution in [2.45, 2.75) is 85.7 Å². The molecule has 4 nitrogen and oxygen atoms in total. The van der Waals surface area contributed by atoms with Crippen molar-refractivity contribution in [3.63, 3.8) is 0 Å². The van der Waals surface area contributed by atoms with Crippen LogP contribution in [-0.2, 0) is 18.4 Å². The molecule has 0 aromatic carbocycles. The standard InChI is InChI=1S/C19H37O4P/c1-8-12-14-19(15-13-16(5)6,18(20)17(7)9-2)24(21,22-10-3)23-11-4/h13,17H,8-12,14-15H2,1-7H3. The Kier molecular flexibility index (Phi) is 11.0. The van der Waals surface area contributed by atoms with E-state index in [1.807, 2.05) is 33.8 Å². The highest BCUT2D eigenvalue weighted by molar-refractivity contribution is 7.56. The molecule has 0 aliphatic rings. The molecule has 2 unspecified atom stereocenters. The van der Waals surface area contributed by atoms with Crippen molar-refractivity contribution in [2.75, 3.05) is 13.2 Å². The van der Waals surface area contributed by atoms with Crippen LogP contribution in [0.15, 0.2) is 11.6 Å². The third kappa shape index (κ3) is 5.82. The Bertz CT molecular complexity index is 444. The second-order valence-corrected chi connectivity index (χ2v) is 8.99. The molecule has 5 heteroatoms. The SMILES string of the molecule is CCCCC(CC=C(C)C)(C(=O)C(C)CC)P(=O)(OCC)OCC. The minimum absolute atomic E-state index is 0.0150. The molecular weight excluding hydrogens is 323 g/mol. The molecule has 0 saturated heterocycles. The van der Waals surface area contributed by atoms with Gasteiger partial charge in [-0.25, -0.2) is 0 Å². The molecule has 0 aromatic heterocycles. The van der Waals surface area contributed by atoms with Gasteiger partial charge in [0.1, 0.15) is 5.16 Å². The van der Waals surface area contributed by atoms with E-state index in [-0.39, 0.29) is 24.9 Å². The normalized spacial score (nSPS) is 15.6. The summed E-state index contributed by atoms with van der Waals surface area (Å²) in [7, 11) is -3.56. The van der Waals surface area contributed by atoms with Gasteiger partial charge in [-0.05, 0) is 47.0 Å². The molecule has 0 bridgehead atoms. The molecular formula is C19H37O4P. The predicted molar refractivity (Wildman–Crippen MR) is 102 cm³/mol. The van der Waals surface area contributed by atoms with Gasteiger partial charge in [-0.3, -0.25) is 9.36 Å². The van der Waals surface area contributed by atoms with Crippen molar-refractivity contribution >= 4 is 13.4 Å². The average molecular weight is 360 g/mol. The summed E-state index contributed by atoms with van der Waals surface area (Å²) in [6, 6.07) is 0. The van der Waals surface area contributed by atoms with Crippen molar-refractivity contribution in [2.24, 2.45) is 5.92 Å². The molecule has 0 aromatic rings. The summed E-state index contributed by atoms with van der Waals surface area (Å²) in [6.07, 6.45) is 5.43. The Morgan fingerprint density at radius 1 is 1.12 bits per heavy atom. The number of allylic oxidation sites excluding steroid dienone is 2. The minimum atomic E-state index is -3.56. The van der Waals surface area contributed by atoms with Crippen LogP contribution in [0.25, 0.3) is 0 Å². The number of rotatable bonds is 13. The maximum atomic E-state index is 13.7. The van der Waals surface area contributed by atoms with Crippen LogP contribution in [0.3, 0.4) is 0 Å². The lowest BCUT2D eigenvalue weighted by Gasteiger charge is -2.39. The zero-order valence-corrected chi connectivity index (χ0v) is 17.6. The third-order valence-electron chi connectivity index (χ3n) is 4.43. The number of unbranched alkanes of at least 4 members (excludes halogenated alkanes) is 1. The zero-order valence-electron chi connectivity index (χ0n) is 16.7. The van der Waals surface area contributed by atoms with Gasteiger partial charge in [0, 0.05) is 5.92 Å². The number of ketones is 1. The Morgan fingerprint density at radius 2 is 1.67 bits per heavy atom. The first-order valence-corrected chi connectivity index (χ1v) is 10.9. The average Bonchev–Trinajstić information content (AvgIpc) is 2.54. The molecule has 0 spiro atoms. The first-order valence-electron chi connectivity index (χ1n) is 9.31. The predicted octanol–water partition coefficient (Wildman–Crippen LogP) is 6.15. The van der Waals surface area contributed by atoms with E-state index < -0.39 is 12.8 Å². The Labute approximate surface area is 148 Å².